The van der Waals surface area contributed by atoms with E-state index in [2.05, 4.69) is 4.98 Å². The molecule has 0 saturated carbocycles. The molecule has 136 valence electrons. The van der Waals surface area contributed by atoms with Gasteiger partial charge >= 0.3 is 0 Å². The maximum Gasteiger partial charge on any atom is 0.199 e. The Kier molecular flexibility index (Phi) is 3.76. The summed E-state index contributed by atoms with van der Waals surface area (Å²) in [5.41, 5.74) is 4.10. The van der Waals surface area contributed by atoms with Gasteiger partial charge in [0.05, 0.1) is 23.8 Å². The molecule has 5 rings (SSSR count). The molecule has 28 heavy (non-hydrogen) atoms. The first-order valence-electron chi connectivity index (χ1n) is 8.78. The fourth-order valence-electron chi connectivity index (χ4n) is 3.25. The Morgan fingerprint density at radius 3 is 2.29 bits per heavy atom. The summed E-state index contributed by atoms with van der Waals surface area (Å²) >= 11 is 0. The zero-order valence-electron chi connectivity index (χ0n) is 15.0. The van der Waals surface area contributed by atoms with Gasteiger partial charge in [0.15, 0.2) is 11.3 Å². The first-order chi connectivity index (χ1) is 13.7. The van der Waals surface area contributed by atoms with Crippen LogP contribution in [-0.4, -0.2) is 26.6 Å². The third-order valence-corrected chi connectivity index (χ3v) is 4.58. The van der Waals surface area contributed by atoms with Crippen molar-refractivity contribution in [2.45, 2.75) is 0 Å². The zero-order chi connectivity index (χ0) is 19.1. The number of rotatable bonds is 3. The van der Waals surface area contributed by atoms with Gasteiger partial charge in [-0.05, 0) is 54.6 Å². The number of imidazole rings is 1. The molecule has 6 heteroatoms. The largest absolute Gasteiger partial charge is 0.497 e. The van der Waals surface area contributed by atoms with Crippen molar-refractivity contribution in [3.8, 4) is 22.8 Å². The SMILES string of the molecule is COc1ccc(-c2nc3nc4ccccc4nc3n2-c2cccc(F)c2)cc1. The number of ether oxygens (including phenoxy) is 1. The summed E-state index contributed by atoms with van der Waals surface area (Å²) in [7, 11) is 1.62. The molecule has 0 radical (unpaired) electrons. The van der Waals surface area contributed by atoms with E-state index in [9.17, 15) is 4.39 Å². The predicted molar refractivity (Wildman–Crippen MR) is 106 cm³/mol. The molecule has 5 aromatic rings. The van der Waals surface area contributed by atoms with Crippen LogP contribution in [0.4, 0.5) is 4.39 Å². The lowest BCUT2D eigenvalue weighted by Crippen LogP contribution is -2.00. The number of para-hydroxylation sites is 2. The van der Waals surface area contributed by atoms with E-state index < -0.39 is 0 Å². The van der Waals surface area contributed by atoms with Gasteiger partial charge in [-0.15, -0.1) is 0 Å². The molecular formula is C22H15FN4O. The predicted octanol–water partition coefficient (Wildman–Crippen LogP) is 4.78. The monoisotopic (exact) mass is 370 g/mol. The Balaban J connectivity index is 1.84. The van der Waals surface area contributed by atoms with Gasteiger partial charge in [-0.1, -0.05) is 18.2 Å². The van der Waals surface area contributed by atoms with Gasteiger partial charge in [0, 0.05) is 5.56 Å². The number of hydrogen-bond acceptors (Lipinski definition) is 4. The smallest absolute Gasteiger partial charge is 0.199 e. The maximum absolute atomic E-state index is 14.0. The van der Waals surface area contributed by atoms with E-state index in [1.54, 1.807) is 13.2 Å². The first kappa shape index (κ1) is 16.4. The number of aromatic nitrogens is 4. The summed E-state index contributed by atoms with van der Waals surface area (Å²) in [6.45, 7) is 0. The van der Waals surface area contributed by atoms with E-state index in [-0.39, 0.29) is 5.82 Å². The maximum atomic E-state index is 14.0. The van der Waals surface area contributed by atoms with Crippen LogP contribution in [0.3, 0.4) is 0 Å². The molecule has 2 heterocycles. The minimum absolute atomic E-state index is 0.325. The lowest BCUT2D eigenvalue weighted by Gasteiger charge is -2.09. The van der Waals surface area contributed by atoms with Crippen LogP contribution in [0.5, 0.6) is 5.75 Å². The molecule has 5 nitrogen and oxygen atoms in total. The number of benzene rings is 3. The van der Waals surface area contributed by atoms with Crippen LogP contribution in [0.25, 0.3) is 39.4 Å². The Morgan fingerprint density at radius 1 is 0.821 bits per heavy atom. The van der Waals surface area contributed by atoms with E-state index in [4.69, 9.17) is 14.7 Å². The molecule has 0 aliphatic carbocycles. The van der Waals surface area contributed by atoms with Crippen LogP contribution >= 0.6 is 0 Å². The lowest BCUT2D eigenvalue weighted by molar-refractivity contribution is 0.415. The molecule has 3 aromatic carbocycles. The molecule has 0 amide bonds. The fourth-order valence-corrected chi connectivity index (χ4v) is 3.25. The molecule has 0 aliphatic rings. The highest BCUT2D eigenvalue weighted by Gasteiger charge is 2.18. The van der Waals surface area contributed by atoms with Crippen molar-refractivity contribution in [1.29, 1.82) is 0 Å². The molecule has 2 aromatic heterocycles. The van der Waals surface area contributed by atoms with Gasteiger partial charge in [-0.2, -0.15) is 0 Å². The third kappa shape index (κ3) is 2.66. The highest BCUT2D eigenvalue weighted by Crippen LogP contribution is 2.29. The Bertz CT molecular complexity index is 1310. The van der Waals surface area contributed by atoms with Crippen LogP contribution in [-0.2, 0) is 0 Å². The van der Waals surface area contributed by atoms with Crippen molar-refractivity contribution in [2.24, 2.45) is 0 Å². The summed E-state index contributed by atoms with van der Waals surface area (Å²) < 4.78 is 21.0. The normalized spacial score (nSPS) is 11.2. The second kappa shape index (κ2) is 6.42. The van der Waals surface area contributed by atoms with Crippen molar-refractivity contribution in [1.82, 2.24) is 19.5 Å². The van der Waals surface area contributed by atoms with Gasteiger partial charge in [-0.3, -0.25) is 4.57 Å². The van der Waals surface area contributed by atoms with Gasteiger partial charge in [0.25, 0.3) is 0 Å². The van der Waals surface area contributed by atoms with Crippen molar-refractivity contribution in [2.75, 3.05) is 7.11 Å². The summed E-state index contributed by atoms with van der Waals surface area (Å²) in [6, 6.07) is 21.5. The van der Waals surface area contributed by atoms with Crippen molar-refractivity contribution >= 4 is 22.3 Å². The van der Waals surface area contributed by atoms with E-state index >= 15 is 0 Å². The summed E-state index contributed by atoms with van der Waals surface area (Å²) in [5.74, 6) is 1.06. The zero-order valence-corrected chi connectivity index (χ0v) is 15.0. The molecule has 0 N–H and O–H groups in total. The lowest BCUT2D eigenvalue weighted by atomic mass is 10.2. The minimum Gasteiger partial charge on any atom is -0.497 e. The highest BCUT2D eigenvalue weighted by molar-refractivity contribution is 5.86. The number of fused-ring (bicyclic) bond motifs is 2. The number of halogens is 1. The standard InChI is InChI=1S/C22H15FN4O/c1-28-17-11-9-14(10-12-17)21-26-20-22(25-19-8-3-2-7-18(19)24-20)27(21)16-6-4-5-15(23)13-16/h2-13H,1H3. The minimum atomic E-state index is -0.325. The van der Waals surface area contributed by atoms with Crippen LogP contribution < -0.4 is 4.74 Å². The molecule has 0 spiro atoms. The van der Waals surface area contributed by atoms with Crippen LogP contribution in [0.1, 0.15) is 0 Å². The average molecular weight is 370 g/mol. The molecule has 0 unspecified atom stereocenters. The highest BCUT2D eigenvalue weighted by atomic mass is 19.1. The Labute approximate surface area is 160 Å². The number of methoxy groups -OCH3 is 1. The van der Waals surface area contributed by atoms with Crippen molar-refractivity contribution in [3.63, 3.8) is 0 Å². The molecule has 0 aliphatic heterocycles. The Morgan fingerprint density at radius 2 is 1.57 bits per heavy atom. The topological polar surface area (TPSA) is 52.8 Å². The van der Waals surface area contributed by atoms with E-state index in [1.807, 2.05) is 59.2 Å². The average Bonchev–Trinajstić information content (AvgIpc) is 3.10. The molecule has 0 bridgehead atoms. The van der Waals surface area contributed by atoms with Gasteiger partial charge in [-0.25, -0.2) is 19.3 Å². The quantitative estimate of drug-likeness (QED) is 0.458. The van der Waals surface area contributed by atoms with Crippen molar-refractivity contribution in [3.05, 3.63) is 78.6 Å². The molecule has 0 fully saturated rings. The molecule has 0 atom stereocenters. The fraction of sp³-hybridized carbons (Fsp3) is 0.0455. The number of nitrogens with zero attached hydrogens (tertiary/aromatic N) is 4. The van der Waals surface area contributed by atoms with Gasteiger partial charge < -0.3 is 4.74 Å². The second-order valence-electron chi connectivity index (χ2n) is 6.34. The third-order valence-electron chi connectivity index (χ3n) is 4.58. The first-order valence-corrected chi connectivity index (χ1v) is 8.78. The van der Waals surface area contributed by atoms with Crippen LogP contribution in [0.2, 0.25) is 0 Å². The molecule has 0 saturated heterocycles. The van der Waals surface area contributed by atoms with E-state index in [0.717, 1.165) is 22.3 Å². The van der Waals surface area contributed by atoms with Gasteiger partial charge in [0.1, 0.15) is 17.4 Å². The van der Waals surface area contributed by atoms with Crippen LogP contribution in [0.15, 0.2) is 72.8 Å². The van der Waals surface area contributed by atoms with Crippen LogP contribution in [0, 0.1) is 5.82 Å². The van der Waals surface area contributed by atoms with E-state index in [0.29, 0.717) is 22.8 Å². The summed E-state index contributed by atoms with van der Waals surface area (Å²) in [5, 5.41) is 0. The summed E-state index contributed by atoms with van der Waals surface area (Å²) in [4.78, 5) is 14.1. The van der Waals surface area contributed by atoms with Gasteiger partial charge in [0.2, 0.25) is 0 Å². The Hall–Kier alpha value is -3.80. The summed E-state index contributed by atoms with van der Waals surface area (Å²) in [6.07, 6.45) is 0. The van der Waals surface area contributed by atoms with Crippen molar-refractivity contribution < 1.29 is 9.13 Å². The number of hydrogen-bond donors (Lipinski definition) is 0. The van der Waals surface area contributed by atoms with E-state index in [1.165, 1.54) is 12.1 Å². The molecular weight excluding hydrogens is 355 g/mol. The second-order valence-corrected chi connectivity index (χ2v) is 6.34.